The average Bonchev–Trinajstić information content (AvgIpc) is 3.05. The molecular weight excluding hydrogens is 652 g/mol. The second-order valence-corrected chi connectivity index (χ2v) is 15.5. The van der Waals surface area contributed by atoms with Crippen LogP contribution in [0.3, 0.4) is 0 Å². The largest absolute Gasteiger partial charge is 0.768 e. The maximum absolute atomic E-state index is 10.2. The van der Waals surface area contributed by atoms with E-state index in [1.807, 2.05) is 20.3 Å². The molecule has 49 heavy (non-hydrogen) atoms. The van der Waals surface area contributed by atoms with Crippen molar-refractivity contribution in [3.05, 3.63) is 57.5 Å². The number of hydrogen-bond acceptors (Lipinski definition) is 2. The van der Waals surface area contributed by atoms with E-state index in [4.69, 9.17) is 0 Å². The van der Waals surface area contributed by atoms with Gasteiger partial charge in [-0.25, -0.2) is 0 Å². The van der Waals surface area contributed by atoms with Crippen molar-refractivity contribution in [2.75, 3.05) is 0 Å². The Bertz CT molecular complexity index is 626. The van der Waals surface area contributed by atoms with Gasteiger partial charge in [-0.05, 0) is 41.0 Å². The van der Waals surface area contributed by atoms with Gasteiger partial charge in [0.1, 0.15) is 0 Å². The van der Waals surface area contributed by atoms with Crippen molar-refractivity contribution < 1.29 is 30.5 Å². The predicted octanol–water partition coefficient (Wildman–Crippen LogP) is 15.9. The Morgan fingerprint density at radius 1 is 0.510 bits per heavy atom. The van der Waals surface area contributed by atoms with Gasteiger partial charge in [-0.2, -0.15) is 33.1 Å². The minimum atomic E-state index is -2.08. The zero-order chi connectivity index (χ0) is 37.1. The first-order valence-electron chi connectivity index (χ1n) is 20.3. The fraction of sp³-hybridized carbons (Fsp3) is 0.778. The van der Waals surface area contributed by atoms with Crippen LogP contribution >= 0.6 is 0 Å². The Balaban J connectivity index is -0.000000170. The van der Waals surface area contributed by atoms with E-state index in [-0.39, 0.29) is 21.7 Å². The number of hydrogen-bond donors (Lipinski definition) is 0. The standard InChI is InChI=1S/3C12H25.C6H6O2S.C3H7.Ti/c3*1-4-5-6-7-8-9-10-11-12(2)3;7-9(8)6-4-2-1-3-5-6;1-3-2;/h3*12H,1,4-11H2,2-3H3;1-5H,(H,7,8);3H,1-2H3;/q3*-1;;-1;/p-1. The summed E-state index contributed by atoms with van der Waals surface area (Å²) in [4.78, 5) is 0.331. The Kier molecular flexibility index (Phi) is 62.4. The summed E-state index contributed by atoms with van der Waals surface area (Å²) in [7, 11) is 0. The van der Waals surface area contributed by atoms with Crippen LogP contribution in [0.1, 0.15) is 209 Å². The van der Waals surface area contributed by atoms with Crippen molar-refractivity contribution >= 4 is 11.1 Å². The van der Waals surface area contributed by atoms with Gasteiger partial charge in [-0.3, -0.25) is 4.21 Å². The normalized spacial score (nSPS) is 10.8. The molecule has 0 spiro atoms. The van der Waals surface area contributed by atoms with E-state index < -0.39 is 11.1 Å². The van der Waals surface area contributed by atoms with Gasteiger partial charge in [-0.15, -0.1) is 0 Å². The maximum atomic E-state index is 10.2. The van der Waals surface area contributed by atoms with Gasteiger partial charge in [0.2, 0.25) is 0 Å². The minimum absolute atomic E-state index is 0. The number of unbranched alkanes of at least 4 members (excludes halogenated alkanes) is 18. The number of benzene rings is 1. The Morgan fingerprint density at radius 2 is 0.735 bits per heavy atom. The molecule has 2 nitrogen and oxygen atoms in total. The fourth-order valence-electron chi connectivity index (χ4n) is 4.84. The maximum Gasteiger partial charge on any atom is 0.0248 e. The average molecular weight is 740 g/mol. The SMILES string of the molecule is C[CH-]C.O=S([O-])c1ccccc1.[CH2-]CCCCCCCCC(C)C.[CH2-]CCCCCCCCC(C)C.[CH2-]CCCCCCCCC(C)C.[Ti]. The molecule has 0 aromatic heterocycles. The third-order valence-electron chi connectivity index (χ3n) is 7.78. The van der Waals surface area contributed by atoms with Crippen molar-refractivity contribution in [3.8, 4) is 0 Å². The van der Waals surface area contributed by atoms with Gasteiger partial charge >= 0.3 is 0 Å². The van der Waals surface area contributed by atoms with E-state index in [0.717, 1.165) is 37.0 Å². The number of rotatable bonds is 25. The van der Waals surface area contributed by atoms with Gasteiger partial charge in [0.25, 0.3) is 0 Å². The topological polar surface area (TPSA) is 40.1 Å². The molecule has 0 bridgehead atoms. The van der Waals surface area contributed by atoms with Crippen LogP contribution in [-0.2, 0) is 32.8 Å². The summed E-state index contributed by atoms with van der Waals surface area (Å²) >= 11 is -2.08. The van der Waals surface area contributed by atoms with E-state index in [1.54, 1.807) is 30.3 Å². The molecule has 0 aliphatic rings. The van der Waals surface area contributed by atoms with Crippen molar-refractivity contribution in [1.82, 2.24) is 0 Å². The smallest absolute Gasteiger partial charge is 0.0248 e. The fourth-order valence-corrected chi connectivity index (χ4v) is 5.22. The van der Waals surface area contributed by atoms with E-state index in [0.29, 0.717) is 4.90 Å². The summed E-state index contributed by atoms with van der Waals surface area (Å²) in [6, 6.07) is 8.23. The van der Waals surface area contributed by atoms with Crippen LogP contribution in [0.15, 0.2) is 35.2 Å². The van der Waals surface area contributed by atoms with E-state index in [1.165, 1.54) is 135 Å². The molecule has 1 unspecified atom stereocenters. The molecule has 0 saturated heterocycles. The molecule has 0 radical (unpaired) electrons. The van der Waals surface area contributed by atoms with Crippen LogP contribution in [0.5, 0.6) is 0 Å². The van der Waals surface area contributed by atoms with Crippen LogP contribution in [0.25, 0.3) is 0 Å². The first kappa shape index (κ1) is 58.4. The van der Waals surface area contributed by atoms with Crippen LogP contribution in [0.2, 0.25) is 0 Å². The van der Waals surface area contributed by atoms with Crippen molar-refractivity contribution in [3.63, 3.8) is 0 Å². The monoisotopic (exact) mass is 740 g/mol. The molecule has 1 aromatic rings. The Hall–Kier alpha value is 0.0443. The van der Waals surface area contributed by atoms with Crippen molar-refractivity contribution in [1.29, 1.82) is 0 Å². The second kappa shape index (κ2) is 52.4. The molecule has 0 amide bonds. The summed E-state index contributed by atoms with van der Waals surface area (Å²) in [6.07, 6.45) is 34.9. The molecular formula is C45H87O2STi-5. The first-order valence-corrected chi connectivity index (χ1v) is 21.4. The molecule has 0 saturated carbocycles. The molecule has 0 N–H and O–H groups in total. The third-order valence-corrected chi connectivity index (χ3v) is 8.44. The molecule has 1 aromatic carbocycles. The molecule has 0 fully saturated rings. The summed E-state index contributed by atoms with van der Waals surface area (Å²) in [5.41, 5.74) is 0. The summed E-state index contributed by atoms with van der Waals surface area (Å²) in [5.74, 6) is 2.68. The van der Waals surface area contributed by atoms with Crippen LogP contribution < -0.4 is 0 Å². The quantitative estimate of drug-likeness (QED) is 0.0433. The zero-order valence-electron chi connectivity index (χ0n) is 34.5. The summed E-state index contributed by atoms with van der Waals surface area (Å²) in [6.45, 7) is 29.4. The van der Waals surface area contributed by atoms with Gasteiger partial charge in [0.15, 0.2) is 0 Å². The molecule has 1 rings (SSSR count). The zero-order valence-corrected chi connectivity index (χ0v) is 36.9. The predicted molar refractivity (Wildman–Crippen MR) is 221 cm³/mol. The molecule has 1 atom stereocenters. The molecule has 0 aliphatic carbocycles. The van der Waals surface area contributed by atoms with Crippen molar-refractivity contribution in [2.45, 2.75) is 214 Å². The Morgan fingerprint density at radius 3 is 0.918 bits per heavy atom. The summed E-state index contributed by atoms with van der Waals surface area (Å²) < 4.78 is 20.4. The minimum Gasteiger partial charge on any atom is -0.768 e. The Labute approximate surface area is 329 Å². The van der Waals surface area contributed by atoms with Gasteiger partial charge in [-0.1, -0.05) is 195 Å². The van der Waals surface area contributed by atoms with E-state index >= 15 is 0 Å². The van der Waals surface area contributed by atoms with Gasteiger partial charge in [0.05, 0.1) is 0 Å². The van der Waals surface area contributed by atoms with Crippen LogP contribution in [0, 0.1) is 44.9 Å². The van der Waals surface area contributed by atoms with Gasteiger partial charge < -0.3 is 31.7 Å². The molecule has 294 valence electrons. The van der Waals surface area contributed by atoms with E-state index in [2.05, 4.69) is 62.3 Å². The van der Waals surface area contributed by atoms with Crippen molar-refractivity contribution in [2.24, 2.45) is 17.8 Å². The first-order chi connectivity index (χ1) is 23.0. The van der Waals surface area contributed by atoms with E-state index in [9.17, 15) is 8.76 Å². The van der Waals surface area contributed by atoms with Crippen LogP contribution in [-0.4, -0.2) is 8.76 Å². The van der Waals surface area contributed by atoms with Crippen LogP contribution in [0.4, 0.5) is 0 Å². The molecule has 0 aliphatic heterocycles. The summed E-state index contributed by atoms with van der Waals surface area (Å²) in [5, 5.41) is 0. The van der Waals surface area contributed by atoms with Gasteiger partial charge in [0, 0.05) is 26.6 Å². The third kappa shape index (κ3) is 66.8. The molecule has 4 heteroatoms. The molecule has 0 heterocycles. The second-order valence-electron chi connectivity index (χ2n) is 14.6.